The molecule has 3 heteroatoms. The van der Waals surface area contributed by atoms with Crippen LogP contribution in [0.1, 0.15) is 40.7 Å². The van der Waals surface area contributed by atoms with E-state index in [0.717, 1.165) is 36.8 Å². The fourth-order valence-corrected chi connectivity index (χ4v) is 2.32. The van der Waals surface area contributed by atoms with Crippen LogP contribution >= 0.6 is 0 Å². The molecule has 0 spiro atoms. The van der Waals surface area contributed by atoms with Crippen LogP contribution in [0.5, 0.6) is 5.75 Å². The number of ether oxygens (including phenoxy) is 1. The van der Waals surface area contributed by atoms with Crippen LogP contribution in [-0.4, -0.2) is 18.2 Å². The molecule has 0 radical (unpaired) electrons. The number of carbonyl (C=O) groups is 1. The van der Waals surface area contributed by atoms with Crippen LogP contribution in [0.3, 0.4) is 0 Å². The summed E-state index contributed by atoms with van der Waals surface area (Å²) in [6, 6.07) is 3.61. The number of benzene rings is 1. The van der Waals surface area contributed by atoms with Crippen LogP contribution in [0.4, 0.5) is 0 Å². The third kappa shape index (κ3) is 2.03. The van der Waals surface area contributed by atoms with Gasteiger partial charge in [-0.1, -0.05) is 6.42 Å². The number of hydrogen-bond donors (Lipinski definition) is 1. The molecule has 3 nitrogen and oxygen atoms in total. The Morgan fingerprint density at radius 2 is 2.00 bits per heavy atom. The molecule has 0 saturated carbocycles. The van der Waals surface area contributed by atoms with Crippen LogP contribution in [0.2, 0.25) is 0 Å². The number of aryl methyl sites for hydroxylation is 1. The van der Waals surface area contributed by atoms with Gasteiger partial charge in [0.25, 0.3) is 0 Å². The molecule has 0 saturated heterocycles. The van der Waals surface area contributed by atoms with E-state index in [2.05, 4.69) is 0 Å². The maximum Gasteiger partial charge on any atom is 0.336 e. The molecule has 0 atom stereocenters. The molecule has 1 N–H and O–H groups in total. The minimum absolute atomic E-state index is 0.413. The van der Waals surface area contributed by atoms with Crippen molar-refractivity contribution in [2.45, 2.75) is 32.1 Å². The largest absolute Gasteiger partial charge is 0.497 e. The Morgan fingerprint density at radius 1 is 1.25 bits per heavy atom. The first kappa shape index (κ1) is 11.0. The Bertz CT molecular complexity index is 410. The van der Waals surface area contributed by atoms with Gasteiger partial charge in [-0.3, -0.25) is 0 Å². The molecule has 16 heavy (non-hydrogen) atoms. The number of carboxylic acids is 1. The van der Waals surface area contributed by atoms with E-state index in [1.54, 1.807) is 13.2 Å². The van der Waals surface area contributed by atoms with Gasteiger partial charge in [0.15, 0.2) is 0 Å². The lowest BCUT2D eigenvalue weighted by atomic mass is 9.96. The molecule has 0 aliphatic heterocycles. The zero-order chi connectivity index (χ0) is 11.5. The van der Waals surface area contributed by atoms with Crippen molar-refractivity contribution in [2.24, 2.45) is 0 Å². The molecule has 1 aromatic carbocycles. The third-order valence-electron chi connectivity index (χ3n) is 3.15. The number of methoxy groups -OCH3 is 1. The van der Waals surface area contributed by atoms with E-state index in [1.165, 1.54) is 6.42 Å². The summed E-state index contributed by atoms with van der Waals surface area (Å²) in [5.41, 5.74) is 2.57. The SMILES string of the molecule is COc1cc2c(c(C(=O)O)c1)CCCCC2. The predicted molar refractivity (Wildman–Crippen MR) is 61.2 cm³/mol. The zero-order valence-electron chi connectivity index (χ0n) is 9.45. The predicted octanol–water partition coefficient (Wildman–Crippen LogP) is 2.66. The molecule has 0 amide bonds. The second-order valence-electron chi connectivity index (χ2n) is 4.18. The van der Waals surface area contributed by atoms with E-state index in [1.807, 2.05) is 6.07 Å². The van der Waals surface area contributed by atoms with Crippen molar-refractivity contribution < 1.29 is 14.6 Å². The third-order valence-corrected chi connectivity index (χ3v) is 3.15. The summed E-state index contributed by atoms with van der Waals surface area (Å²) in [6.07, 6.45) is 5.24. The lowest BCUT2D eigenvalue weighted by molar-refractivity contribution is 0.0695. The maximum absolute atomic E-state index is 11.2. The standard InChI is InChI=1S/C13H16O3/c1-16-10-7-9-5-3-2-4-6-11(9)12(8-10)13(14)15/h7-8H,2-6H2,1H3,(H,14,15). The minimum atomic E-state index is -0.850. The van der Waals surface area contributed by atoms with E-state index < -0.39 is 5.97 Å². The van der Waals surface area contributed by atoms with Crippen molar-refractivity contribution in [1.82, 2.24) is 0 Å². The van der Waals surface area contributed by atoms with Crippen LogP contribution < -0.4 is 4.74 Å². The molecule has 1 aliphatic carbocycles. The van der Waals surface area contributed by atoms with E-state index in [4.69, 9.17) is 4.74 Å². The Labute approximate surface area is 95.0 Å². The second kappa shape index (κ2) is 4.56. The lowest BCUT2D eigenvalue weighted by Crippen LogP contribution is -2.06. The number of aromatic carboxylic acids is 1. The summed E-state index contributed by atoms with van der Waals surface area (Å²) < 4.78 is 5.15. The normalized spacial score (nSPS) is 15.1. The summed E-state index contributed by atoms with van der Waals surface area (Å²) in [6.45, 7) is 0. The average Bonchev–Trinajstić information content (AvgIpc) is 2.52. The van der Waals surface area contributed by atoms with Gasteiger partial charge in [-0.05, 0) is 48.9 Å². The van der Waals surface area contributed by atoms with Gasteiger partial charge in [0.1, 0.15) is 5.75 Å². The number of fused-ring (bicyclic) bond motifs is 1. The molecule has 86 valence electrons. The highest BCUT2D eigenvalue weighted by Gasteiger charge is 2.17. The topological polar surface area (TPSA) is 46.5 Å². The Morgan fingerprint density at radius 3 is 2.69 bits per heavy atom. The van der Waals surface area contributed by atoms with Crippen molar-refractivity contribution >= 4 is 5.97 Å². The fourth-order valence-electron chi connectivity index (χ4n) is 2.32. The Kier molecular flexibility index (Phi) is 3.13. The summed E-state index contributed by atoms with van der Waals surface area (Å²) in [5, 5.41) is 9.20. The molecular formula is C13H16O3. The van der Waals surface area contributed by atoms with Crippen LogP contribution in [0.15, 0.2) is 12.1 Å². The lowest BCUT2D eigenvalue weighted by Gasteiger charge is -2.11. The summed E-state index contributed by atoms with van der Waals surface area (Å²) in [5.74, 6) is -0.199. The van der Waals surface area contributed by atoms with E-state index in [9.17, 15) is 9.90 Å². The molecule has 1 aliphatic rings. The zero-order valence-corrected chi connectivity index (χ0v) is 9.45. The van der Waals surface area contributed by atoms with Gasteiger partial charge in [0, 0.05) is 0 Å². The van der Waals surface area contributed by atoms with E-state index >= 15 is 0 Å². The molecule has 2 rings (SSSR count). The molecule has 0 aromatic heterocycles. The van der Waals surface area contributed by atoms with Crippen molar-refractivity contribution in [3.8, 4) is 5.75 Å². The molecule has 0 unspecified atom stereocenters. The first-order valence-electron chi connectivity index (χ1n) is 5.65. The monoisotopic (exact) mass is 220 g/mol. The quantitative estimate of drug-likeness (QED) is 0.779. The molecule has 1 aromatic rings. The average molecular weight is 220 g/mol. The van der Waals surface area contributed by atoms with Gasteiger partial charge in [0.2, 0.25) is 0 Å². The van der Waals surface area contributed by atoms with Crippen LogP contribution in [0.25, 0.3) is 0 Å². The Balaban J connectivity index is 2.53. The second-order valence-corrected chi connectivity index (χ2v) is 4.18. The summed E-state index contributed by atoms with van der Waals surface area (Å²) >= 11 is 0. The molecular weight excluding hydrogens is 204 g/mol. The summed E-state index contributed by atoms with van der Waals surface area (Å²) in [7, 11) is 1.57. The minimum Gasteiger partial charge on any atom is -0.497 e. The highest BCUT2D eigenvalue weighted by atomic mass is 16.5. The van der Waals surface area contributed by atoms with Crippen molar-refractivity contribution in [3.63, 3.8) is 0 Å². The molecule has 0 heterocycles. The highest BCUT2D eigenvalue weighted by Crippen LogP contribution is 2.28. The number of carboxylic acid groups (broad SMARTS) is 1. The fraction of sp³-hybridized carbons (Fsp3) is 0.462. The highest BCUT2D eigenvalue weighted by molar-refractivity contribution is 5.90. The first-order valence-corrected chi connectivity index (χ1v) is 5.65. The van der Waals surface area contributed by atoms with Crippen LogP contribution in [0, 0.1) is 0 Å². The van der Waals surface area contributed by atoms with Gasteiger partial charge in [-0.25, -0.2) is 4.79 Å². The van der Waals surface area contributed by atoms with Crippen LogP contribution in [-0.2, 0) is 12.8 Å². The molecule has 0 bridgehead atoms. The van der Waals surface area contributed by atoms with E-state index in [0.29, 0.717) is 11.3 Å². The van der Waals surface area contributed by atoms with Crippen molar-refractivity contribution in [2.75, 3.05) is 7.11 Å². The number of hydrogen-bond acceptors (Lipinski definition) is 2. The van der Waals surface area contributed by atoms with Gasteiger partial charge in [-0.2, -0.15) is 0 Å². The van der Waals surface area contributed by atoms with Crippen molar-refractivity contribution in [1.29, 1.82) is 0 Å². The van der Waals surface area contributed by atoms with Crippen molar-refractivity contribution in [3.05, 3.63) is 28.8 Å². The Hall–Kier alpha value is -1.51. The van der Waals surface area contributed by atoms with Gasteiger partial charge in [-0.15, -0.1) is 0 Å². The van der Waals surface area contributed by atoms with Gasteiger partial charge >= 0.3 is 5.97 Å². The molecule has 0 fully saturated rings. The van der Waals surface area contributed by atoms with Gasteiger partial charge in [0.05, 0.1) is 12.7 Å². The van der Waals surface area contributed by atoms with Gasteiger partial charge < -0.3 is 9.84 Å². The first-order chi connectivity index (χ1) is 7.72. The summed E-state index contributed by atoms with van der Waals surface area (Å²) in [4.78, 5) is 11.2. The smallest absolute Gasteiger partial charge is 0.336 e. The number of rotatable bonds is 2. The van der Waals surface area contributed by atoms with E-state index in [-0.39, 0.29) is 0 Å². The maximum atomic E-state index is 11.2.